The van der Waals surface area contributed by atoms with Crippen LogP contribution in [0.1, 0.15) is 38.1 Å². The molecule has 0 radical (unpaired) electrons. The van der Waals surface area contributed by atoms with Gasteiger partial charge in [0.2, 0.25) is 0 Å². The van der Waals surface area contributed by atoms with E-state index in [-0.39, 0.29) is 6.42 Å². The van der Waals surface area contributed by atoms with E-state index in [0.717, 1.165) is 4.90 Å². The molecule has 2 heterocycles. The maximum Gasteiger partial charge on any atom is 0.305 e. The summed E-state index contributed by atoms with van der Waals surface area (Å²) in [6, 6.07) is 9.28. The van der Waals surface area contributed by atoms with Gasteiger partial charge in [0, 0.05) is 4.88 Å². The average Bonchev–Trinajstić information content (AvgIpc) is 3.06. The summed E-state index contributed by atoms with van der Waals surface area (Å²) in [7, 11) is 0. The Morgan fingerprint density at radius 2 is 1.71 bits per heavy atom. The summed E-state index contributed by atoms with van der Waals surface area (Å²) in [4.78, 5) is 37.7. The third kappa shape index (κ3) is 2.23. The molecule has 2 aromatic rings. The lowest BCUT2D eigenvalue weighted by atomic mass is 10.1. The first-order valence-electron chi connectivity index (χ1n) is 6.31. The van der Waals surface area contributed by atoms with E-state index in [4.69, 9.17) is 5.11 Å². The molecule has 0 unspecified atom stereocenters. The van der Waals surface area contributed by atoms with Crippen molar-refractivity contribution in [2.45, 2.75) is 12.5 Å². The first-order chi connectivity index (χ1) is 10.1. The van der Waals surface area contributed by atoms with Crippen molar-refractivity contribution in [3.05, 3.63) is 57.8 Å². The largest absolute Gasteiger partial charge is 0.481 e. The molecule has 0 saturated heterocycles. The molecule has 1 atom stereocenters. The Morgan fingerprint density at radius 1 is 1.10 bits per heavy atom. The van der Waals surface area contributed by atoms with Crippen LogP contribution in [0.15, 0.2) is 41.8 Å². The maximum atomic E-state index is 12.4. The molecule has 1 aliphatic rings. The summed E-state index contributed by atoms with van der Waals surface area (Å²) < 4.78 is 0. The zero-order valence-electron chi connectivity index (χ0n) is 10.9. The lowest BCUT2D eigenvalue weighted by molar-refractivity contribution is -0.138. The number of imide groups is 1. The number of hydrogen-bond donors (Lipinski definition) is 1. The molecule has 1 aromatic heterocycles. The van der Waals surface area contributed by atoms with E-state index in [2.05, 4.69) is 0 Å². The van der Waals surface area contributed by atoms with Crippen molar-refractivity contribution in [1.82, 2.24) is 4.90 Å². The molecule has 5 nitrogen and oxygen atoms in total. The first kappa shape index (κ1) is 13.5. The van der Waals surface area contributed by atoms with Crippen molar-refractivity contribution in [2.24, 2.45) is 0 Å². The number of rotatable bonds is 4. The van der Waals surface area contributed by atoms with Crippen molar-refractivity contribution < 1.29 is 19.5 Å². The van der Waals surface area contributed by atoms with E-state index >= 15 is 0 Å². The van der Waals surface area contributed by atoms with Gasteiger partial charge in [0.15, 0.2) is 0 Å². The minimum absolute atomic E-state index is 0.300. The number of benzene rings is 1. The normalized spacial score (nSPS) is 15.1. The molecule has 1 N–H and O–H groups in total. The summed E-state index contributed by atoms with van der Waals surface area (Å²) in [5.41, 5.74) is 0.656. The fourth-order valence-electron chi connectivity index (χ4n) is 2.46. The topological polar surface area (TPSA) is 74.7 Å². The number of aliphatic carboxylic acids is 1. The lowest BCUT2D eigenvalue weighted by Gasteiger charge is -2.23. The fraction of sp³-hybridized carbons (Fsp3) is 0.133. The molecule has 1 aromatic carbocycles. The Labute approximate surface area is 124 Å². The summed E-state index contributed by atoms with van der Waals surface area (Å²) >= 11 is 1.33. The second kappa shape index (κ2) is 5.14. The van der Waals surface area contributed by atoms with E-state index in [0.29, 0.717) is 16.0 Å². The smallest absolute Gasteiger partial charge is 0.305 e. The van der Waals surface area contributed by atoms with E-state index < -0.39 is 23.8 Å². The van der Waals surface area contributed by atoms with Gasteiger partial charge in [0.05, 0.1) is 23.6 Å². The summed E-state index contributed by atoms with van der Waals surface area (Å²) in [5.74, 6) is -1.92. The molecular formula is C15H11NO4S. The van der Waals surface area contributed by atoms with Crippen molar-refractivity contribution in [3.8, 4) is 0 Å². The number of amides is 2. The highest BCUT2D eigenvalue weighted by Gasteiger charge is 2.41. The third-order valence-electron chi connectivity index (χ3n) is 3.38. The van der Waals surface area contributed by atoms with Gasteiger partial charge in [0.25, 0.3) is 11.8 Å². The van der Waals surface area contributed by atoms with Crippen LogP contribution >= 0.6 is 11.3 Å². The number of carboxylic acids is 1. The Kier molecular flexibility index (Phi) is 3.31. The predicted molar refractivity (Wildman–Crippen MR) is 76.3 cm³/mol. The zero-order chi connectivity index (χ0) is 15.0. The Balaban J connectivity index is 2.04. The molecule has 6 heteroatoms. The summed E-state index contributed by atoms with van der Waals surface area (Å²) in [6.07, 6.45) is -0.300. The van der Waals surface area contributed by atoms with E-state index in [9.17, 15) is 14.4 Å². The number of nitrogens with zero attached hydrogens (tertiary/aromatic N) is 1. The summed E-state index contributed by atoms with van der Waals surface area (Å²) in [5, 5.41) is 10.9. The van der Waals surface area contributed by atoms with Crippen LogP contribution in [-0.4, -0.2) is 27.8 Å². The predicted octanol–water partition coefficient (Wildman–Crippen LogP) is 2.56. The molecule has 1 aliphatic heterocycles. The van der Waals surface area contributed by atoms with Crippen LogP contribution in [-0.2, 0) is 4.79 Å². The molecule has 0 saturated carbocycles. The van der Waals surface area contributed by atoms with Gasteiger partial charge in [0.1, 0.15) is 0 Å². The van der Waals surface area contributed by atoms with Crippen LogP contribution in [0.4, 0.5) is 0 Å². The van der Waals surface area contributed by atoms with Gasteiger partial charge in [-0.1, -0.05) is 18.2 Å². The summed E-state index contributed by atoms with van der Waals surface area (Å²) in [6.45, 7) is 0. The van der Waals surface area contributed by atoms with Gasteiger partial charge >= 0.3 is 5.97 Å². The molecule has 3 rings (SSSR count). The van der Waals surface area contributed by atoms with Crippen molar-refractivity contribution in [2.75, 3.05) is 0 Å². The van der Waals surface area contributed by atoms with E-state index in [1.165, 1.54) is 11.3 Å². The number of fused-ring (bicyclic) bond motifs is 1. The van der Waals surface area contributed by atoms with Crippen molar-refractivity contribution in [1.29, 1.82) is 0 Å². The second-order valence-electron chi connectivity index (χ2n) is 4.65. The quantitative estimate of drug-likeness (QED) is 0.881. The molecule has 0 fully saturated rings. The van der Waals surface area contributed by atoms with E-state index in [1.54, 1.807) is 41.8 Å². The number of carbonyl (C=O) groups excluding carboxylic acids is 2. The van der Waals surface area contributed by atoms with Crippen molar-refractivity contribution >= 4 is 29.1 Å². The highest BCUT2D eigenvalue weighted by Crippen LogP contribution is 2.35. The van der Waals surface area contributed by atoms with Crippen LogP contribution in [0.25, 0.3) is 0 Å². The molecule has 106 valence electrons. The van der Waals surface area contributed by atoms with Crippen LogP contribution in [0.3, 0.4) is 0 Å². The molecular weight excluding hydrogens is 290 g/mol. The number of carbonyl (C=O) groups is 3. The Bertz CT molecular complexity index is 688. The van der Waals surface area contributed by atoms with Gasteiger partial charge in [-0.3, -0.25) is 19.3 Å². The Hall–Kier alpha value is -2.47. The molecule has 0 spiro atoms. The average molecular weight is 301 g/mol. The fourth-order valence-corrected chi connectivity index (χ4v) is 3.27. The van der Waals surface area contributed by atoms with Crippen LogP contribution in [0.5, 0.6) is 0 Å². The molecule has 0 bridgehead atoms. The maximum absolute atomic E-state index is 12.4. The second-order valence-corrected chi connectivity index (χ2v) is 5.63. The van der Waals surface area contributed by atoms with Gasteiger partial charge < -0.3 is 5.11 Å². The minimum atomic E-state index is -1.05. The van der Waals surface area contributed by atoms with E-state index in [1.807, 2.05) is 0 Å². The molecule has 0 aliphatic carbocycles. The monoisotopic (exact) mass is 301 g/mol. The van der Waals surface area contributed by atoms with Gasteiger partial charge in [-0.15, -0.1) is 11.3 Å². The van der Waals surface area contributed by atoms with Gasteiger partial charge in [-0.2, -0.15) is 0 Å². The van der Waals surface area contributed by atoms with Crippen molar-refractivity contribution in [3.63, 3.8) is 0 Å². The Morgan fingerprint density at radius 3 is 2.19 bits per heavy atom. The van der Waals surface area contributed by atoms with Crippen LogP contribution in [0, 0.1) is 0 Å². The third-order valence-corrected chi connectivity index (χ3v) is 4.35. The molecule has 21 heavy (non-hydrogen) atoms. The highest BCUT2D eigenvalue weighted by atomic mass is 32.1. The number of hydrogen-bond acceptors (Lipinski definition) is 4. The van der Waals surface area contributed by atoms with Gasteiger partial charge in [-0.25, -0.2) is 0 Å². The zero-order valence-corrected chi connectivity index (χ0v) is 11.7. The first-order valence-corrected chi connectivity index (χ1v) is 7.19. The standard InChI is InChI=1S/C15H11NO4S/c17-13(18)8-11(12-6-3-7-21-12)16-14(19)9-4-1-2-5-10(9)15(16)20/h1-7,11H,8H2,(H,17,18)/t11-/m0/s1. The SMILES string of the molecule is O=C(O)C[C@@H](c1cccs1)N1C(=O)c2ccccc2C1=O. The van der Waals surface area contributed by atoms with Crippen LogP contribution in [0.2, 0.25) is 0 Å². The van der Waals surface area contributed by atoms with Gasteiger partial charge in [-0.05, 0) is 23.6 Å². The minimum Gasteiger partial charge on any atom is -0.481 e. The number of thiophene rings is 1. The highest BCUT2D eigenvalue weighted by molar-refractivity contribution is 7.10. The van der Waals surface area contributed by atoms with Crippen LogP contribution < -0.4 is 0 Å². The lowest BCUT2D eigenvalue weighted by Crippen LogP contribution is -2.35. The number of carboxylic acid groups (broad SMARTS) is 1. The molecule has 2 amide bonds.